The summed E-state index contributed by atoms with van der Waals surface area (Å²) in [6.07, 6.45) is 8.16. The van der Waals surface area contributed by atoms with Crippen molar-refractivity contribution in [3.63, 3.8) is 0 Å². The van der Waals surface area contributed by atoms with Gasteiger partial charge >= 0.3 is 0 Å². The number of nitrogens with one attached hydrogen (secondary N) is 3. The first-order chi connectivity index (χ1) is 15.0. The molecule has 31 heavy (non-hydrogen) atoms. The quantitative estimate of drug-likeness (QED) is 0.409. The molecule has 0 unspecified atom stereocenters. The van der Waals surface area contributed by atoms with Gasteiger partial charge in [0.15, 0.2) is 0 Å². The van der Waals surface area contributed by atoms with Crippen LogP contribution in [-0.2, 0) is 4.79 Å². The Morgan fingerprint density at radius 1 is 1.10 bits per heavy atom. The molecule has 0 radical (unpaired) electrons. The van der Waals surface area contributed by atoms with Gasteiger partial charge in [-0.3, -0.25) is 14.6 Å². The average Bonchev–Trinajstić information content (AvgIpc) is 3.20. The SMILES string of the molecule is CC(C)C[C@@H](NC(=O)CCCCCNC(=O)c1cnccn1)c1nc2ccccc2[nH]1. The number of benzene rings is 1. The molecule has 0 fully saturated rings. The van der Waals surface area contributed by atoms with Crippen LogP contribution in [0.3, 0.4) is 0 Å². The van der Waals surface area contributed by atoms with Crippen molar-refractivity contribution < 1.29 is 9.59 Å². The van der Waals surface area contributed by atoms with Crippen molar-refractivity contribution in [3.8, 4) is 0 Å². The third kappa shape index (κ3) is 6.87. The first kappa shape index (κ1) is 22.4. The molecular formula is C23H30N6O2. The Balaban J connectivity index is 1.41. The molecule has 164 valence electrons. The van der Waals surface area contributed by atoms with Crippen molar-refractivity contribution in [1.82, 2.24) is 30.6 Å². The summed E-state index contributed by atoms with van der Waals surface area (Å²) < 4.78 is 0. The first-order valence-corrected chi connectivity index (χ1v) is 10.8. The Hall–Kier alpha value is -3.29. The van der Waals surface area contributed by atoms with Crippen molar-refractivity contribution in [2.45, 2.75) is 52.0 Å². The van der Waals surface area contributed by atoms with Crippen LogP contribution in [0, 0.1) is 5.92 Å². The molecule has 8 nitrogen and oxygen atoms in total. The smallest absolute Gasteiger partial charge is 0.271 e. The normalized spacial score (nSPS) is 12.1. The largest absolute Gasteiger partial charge is 0.351 e. The Morgan fingerprint density at radius 2 is 1.94 bits per heavy atom. The zero-order valence-electron chi connectivity index (χ0n) is 18.1. The second kappa shape index (κ2) is 11.2. The Kier molecular flexibility index (Phi) is 8.09. The van der Waals surface area contributed by atoms with E-state index in [4.69, 9.17) is 0 Å². The standard InChI is InChI=1S/C23H30N6O2/c1-16(2)14-19(22-28-17-8-5-6-9-18(17)29-22)27-21(30)10-4-3-7-11-26-23(31)20-15-24-12-13-25-20/h5-6,8-9,12-13,15-16,19H,3-4,7,10-11,14H2,1-2H3,(H,26,31)(H,27,30)(H,28,29)/t19-/m1/s1. The number of hydrogen-bond donors (Lipinski definition) is 3. The number of aromatic nitrogens is 4. The van der Waals surface area contributed by atoms with Crippen LogP contribution in [0.25, 0.3) is 11.0 Å². The number of amides is 2. The maximum Gasteiger partial charge on any atom is 0.271 e. The summed E-state index contributed by atoms with van der Waals surface area (Å²) in [5, 5.41) is 5.96. The maximum absolute atomic E-state index is 12.5. The summed E-state index contributed by atoms with van der Waals surface area (Å²) >= 11 is 0. The lowest BCUT2D eigenvalue weighted by atomic mass is 10.0. The van der Waals surface area contributed by atoms with Gasteiger partial charge in [-0.15, -0.1) is 0 Å². The van der Waals surface area contributed by atoms with Crippen LogP contribution in [0.1, 0.15) is 68.3 Å². The number of aromatic amines is 1. The lowest BCUT2D eigenvalue weighted by molar-refractivity contribution is -0.122. The van der Waals surface area contributed by atoms with Gasteiger partial charge in [-0.2, -0.15) is 0 Å². The maximum atomic E-state index is 12.5. The van der Waals surface area contributed by atoms with Crippen molar-refractivity contribution in [2.24, 2.45) is 5.92 Å². The van der Waals surface area contributed by atoms with Crippen LogP contribution in [0.2, 0.25) is 0 Å². The van der Waals surface area contributed by atoms with E-state index in [1.54, 1.807) is 0 Å². The number of unbranched alkanes of at least 4 members (excludes halogenated alkanes) is 2. The Labute approximate surface area is 182 Å². The third-order valence-electron chi connectivity index (χ3n) is 4.94. The molecule has 0 bridgehead atoms. The molecular weight excluding hydrogens is 392 g/mol. The number of carbonyl (C=O) groups excluding carboxylic acids is 2. The van der Waals surface area contributed by atoms with Gasteiger partial charge in [0.25, 0.3) is 5.91 Å². The van der Waals surface area contributed by atoms with Crippen LogP contribution >= 0.6 is 0 Å². The number of fused-ring (bicyclic) bond motifs is 1. The van der Waals surface area contributed by atoms with Gasteiger partial charge in [-0.05, 0) is 37.3 Å². The number of rotatable bonds is 11. The van der Waals surface area contributed by atoms with E-state index in [9.17, 15) is 9.59 Å². The summed E-state index contributed by atoms with van der Waals surface area (Å²) in [6.45, 7) is 4.82. The summed E-state index contributed by atoms with van der Waals surface area (Å²) in [4.78, 5) is 40.3. The third-order valence-corrected chi connectivity index (χ3v) is 4.94. The van der Waals surface area contributed by atoms with Crippen LogP contribution in [-0.4, -0.2) is 38.3 Å². The molecule has 0 spiro atoms. The molecule has 3 rings (SSSR count). The highest BCUT2D eigenvalue weighted by molar-refractivity contribution is 5.91. The number of imidazole rings is 1. The van der Waals surface area contributed by atoms with Crippen molar-refractivity contribution >= 4 is 22.8 Å². The van der Waals surface area contributed by atoms with Crippen LogP contribution in [0.15, 0.2) is 42.9 Å². The number of para-hydroxylation sites is 2. The fraction of sp³-hybridized carbons (Fsp3) is 0.435. The van der Waals surface area contributed by atoms with Crippen LogP contribution in [0.5, 0.6) is 0 Å². The zero-order valence-corrected chi connectivity index (χ0v) is 18.1. The molecule has 1 atom stereocenters. The highest BCUT2D eigenvalue weighted by Crippen LogP contribution is 2.22. The van der Waals surface area contributed by atoms with E-state index in [1.807, 2.05) is 24.3 Å². The van der Waals surface area contributed by atoms with Gasteiger partial charge in [-0.1, -0.05) is 32.4 Å². The van der Waals surface area contributed by atoms with E-state index < -0.39 is 0 Å². The van der Waals surface area contributed by atoms with E-state index in [0.29, 0.717) is 24.6 Å². The minimum Gasteiger partial charge on any atom is -0.351 e. The second-order valence-corrected chi connectivity index (χ2v) is 8.05. The lowest BCUT2D eigenvalue weighted by Gasteiger charge is -2.18. The molecule has 3 N–H and O–H groups in total. The van der Waals surface area contributed by atoms with Gasteiger partial charge < -0.3 is 15.6 Å². The number of nitrogens with zero attached hydrogens (tertiary/aromatic N) is 3. The summed E-state index contributed by atoms with van der Waals surface area (Å²) in [5.74, 6) is 1.02. The van der Waals surface area contributed by atoms with Gasteiger partial charge in [0, 0.05) is 25.4 Å². The Bertz CT molecular complexity index is 953. The molecule has 2 heterocycles. The molecule has 0 saturated heterocycles. The molecule has 3 aromatic rings. The zero-order chi connectivity index (χ0) is 22.1. The molecule has 8 heteroatoms. The van der Waals surface area contributed by atoms with E-state index in [-0.39, 0.29) is 17.9 Å². The van der Waals surface area contributed by atoms with Crippen molar-refractivity contribution in [3.05, 3.63) is 54.4 Å². The molecule has 0 aliphatic carbocycles. The first-order valence-electron chi connectivity index (χ1n) is 10.8. The van der Waals surface area contributed by atoms with Gasteiger partial charge in [0.05, 0.1) is 23.3 Å². The van der Waals surface area contributed by atoms with Crippen LogP contribution in [0.4, 0.5) is 0 Å². The molecule has 2 amide bonds. The number of carbonyl (C=O) groups is 2. The second-order valence-electron chi connectivity index (χ2n) is 8.05. The van der Waals surface area contributed by atoms with Gasteiger partial charge in [-0.25, -0.2) is 9.97 Å². The monoisotopic (exact) mass is 422 g/mol. The molecule has 0 aliphatic heterocycles. The van der Waals surface area contributed by atoms with E-state index >= 15 is 0 Å². The van der Waals surface area contributed by atoms with Gasteiger partial charge in [0.1, 0.15) is 11.5 Å². The highest BCUT2D eigenvalue weighted by atomic mass is 16.2. The molecule has 2 aromatic heterocycles. The molecule has 0 saturated carbocycles. The summed E-state index contributed by atoms with van der Waals surface area (Å²) in [5.41, 5.74) is 2.19. The lowest BCUT2D eigenvalue weighted by Crippen LogP contribution is -2.30. The molecule has 0 aliphatic rings. The predicted octanol–water partition coefficient (Wildman–Crippen LogP) is 3.55. The van der Waals surface area contributed by atoms with Crippen molar-refractivity contribution in [2.75, 3.05) is 6.54 Å². The van der Waals surface area contributed by atoms with Crippen LogP contribution < -0.4 is 10.6 Å². The fourth-order valence-electron chi connectivity index (χ4n) is 3.41. The topological polar surface area (TPSA) is 113 Å². The summed E-state index contributed by atoms with van der Waals surface area (Å²) in [7, 11) is 0. The summed E-state index contributed by atoms with van der Waals surface area (Å²) in [6, 6.07) is 7.75. The molecule has 1 aromatic carbocycles. The number of hydrogen-bond acceptors (Lipinski definition) is 5. The minimum absolute atomic E-state index is 0.0229. The highest BCUT2D eigenvalue weighted by Gasteiger charge is 2.19. The van der Waals surface area contributed by atoms with E-state index in [2.05, 4.69) is 44.4 Å². The van der Waals surface area contributed by atoms with E-state index in [0.717, 1.165) is 42.5 Å². The Morgan fingerprint density at radius 3 is 2.68 bits per heavy atom. The minimum atomic E-state index is -0.229. The number of H-pyrrole nitrogens is 1. The van der Waals surface area contributed by atoms with E-state index in [1.165, 1.54) is 18.6 Å². The fourth-order valence-corrected chi connectivity index (χ4v) is 3.41. The van der Waals surface area contributed by atoms with Gasteiger partial charge in [0.2, 0.25) is 5.91 Å². The predicted molar refractivity (Wildman–Crippen MR) is 119 cm³/mol. The van der Waals surface area contributed by atoms with Crippen molar-refractivity contribution in [1.29, 1.82) is 0 Å². The average molecular weight is 423 g/mol.